The molecule has 1 N–H and O–H groups in total. The molecule has 0 heterocycles. The zero-order chi connectivity index (χ0) is 8.10. The smallest absolute Gasteiger partial charge is 0.0382 e. The second-order valence-electron chi connectivity index (χ2n) is 2.61. The number of allylic oxidation sites excluding steroid dienone is 6. The lowest BCUT2D eigenvalue weighted by atomic mass is 9.95. The van der Waals surface area contributed by atoms with Crippen LogP contribution in [0, 0.1) is 11.3 Å². The molecule has 0 saturated heterocycles. The Morgan fingerprint density at radius 2 is 2.36 bits per heavy atom. The second-order valence-corrected chi connectivity index (χ2v) is 2.61. The van der Waals surface area contributed by atoms with Gasteiger partial charge in [-0.2, -0.15) is 0 Å². The molecule has 0 aromatic carbocycles. The highest BCUT2D eigenvalue weighted by molar-refractivity contribution is 5.95. The molecule has 0 aromatic heterocycles. The van der Waals surface area contributed by atoms with Crippen LogP contribution in [-0.2, 0) is 0 Å². The van der Waals surface area contributed by atoms with Gasteiger partial charge in [-0.3, -0.25) is 0 Å². The van der Waals surface area contributed by atoms with Gasteiger partial charge in [-0.25, -0.2) is 0 Å². The van der Waals surface area contributed by atoms with Crippen molar-refractivity contribution in [3.8, 4) is 0 Å². The topological polar surface area (TPSA) is 23.9 Å². The van der Waals surface area contributed by atoms with Crippen LogP contribution in [0.1, 0.15) is 13.3 Å². The molecule has 0 fully saturated rings. The summed E-state index contributed by atoms with van der Waals surface area (Å²) in [5, 5.41) is 7.61. The summed E-state index contributed by atoms with van der Waals surface area (Å²) in [5.41, 5.74) is 0.702. The molecule has 11 heavy (non-hydrogen) atoms. The Kier molecular flexibility index (Phi) is 2.84. The van der Waals surface area contributed by atoms with Crippen LogP contribution in [0.3, 0.4) is 0 Å². The van der Waals surface area contributed by atoms with Gasteiger partial charge >= 0.3 is 0 Å². The van der Waals surface area contributed by atoms with E-state index in [9.17, 15) is 0 Å². The number of nitrogens with one attached hydrogen (secondary N) is 1. The third kappa shape index (κ3) is 2.19. The molecule has 1 nitrogen and oxygen atoms in total. The standard InChI is InChI=1S/C10H13N/c1-2-6-10(11)9-7-4-3-5-8-9/h2-7,9,11H,8H2,1H3/b6-2-,11-10?. The van der Waals surface area contributed by atoms with Crippen molar-refractivity contribution in [3.05, 3.63) is 36.5 Å². The highest BCUT2D eigenvalue weighted by Crippen LogP contribution is 2.12. The highest BCUT2D eigenvalue weighted by Gasteiger charge is 2.07. The SMILES string of the molecule is C/C=C\C(=N)C1C=CC=CC1. The van der Waals surface area contributed by atoms with E-state index in [4.69, 9.17) is 5.41 Å². The fraction of sp³-hybridized carbons (Fsp3) is 0.300. The van der Waals surface area contributed by atoms with E-state index in [0.29, 0.717) is 11.6 Å². The van der Waals surface area contributed by atoms with E-state index >= 15 is 0 Å². The molecular weight excluding hydrogens is 134 g/mol. The van der Waals surface area contributed by atoms with Crippen molar-refractivity contribution in [2.45, 2.75) is 13.3 Å². The molecular formula is C10H13N. The van der Waals surface area contributed by atoms with Crippen LogP contribution in [-0.4, -0.2) is 5.71 Å². The first kappa shape index (κ1) is 7.99. The van der Waals surface area contributed by atoms with Crippen LogP contribution in [0.4, 0.5) is 0 Å². The quantitative estimate of drug-likeness (QED) is 0.581. The molecule has 1 atom stereocenters. The highest BCUT2D eigenvalue weighted by atomic mass is 14.4. The second kappa shape index (κ2) is 3.91. The summed E-state index contributed by atoms with van der Waals surface area (Å²) in [7, 11) is 0. The van der Waals surface area contributed by atoms with Crippen LogP contribution in [0.5, 0.6) is 0 Å². The Morgan fingerprint density at radius 3 is 2.91 bits per heavy atom. The maximum Gasteiger partial charge on any atom is 0.0382 e. The summed E-state index contributed by atoms with van der Waals surface area (Å²) in [6.45, 7) is 1.94. The molecule has 1 unspecified atom stereocenters. The number of hydrogen-bond donors (Lipinski definition) is 1. The molecule has 1 aliphatic rings. The number of hydrogen-bond acceptors (Lipinski definition) is 1. The van der Waals surface area contributed by atoms with Gasteiger partial charge in [0.25, 0.3) is 0 Å². The third-order valence-electron chi connectivity index (χ3n) is 1.73. The fourth-order valence-electron chi connectivity index (χ4n) is 1.11. The molecule has 0 aliphatic heterocycles. The minimum atomic E-state index is 0.302. The molecule has 0 spiro atoms. The van der Waals surface area contributed by atoms with E-state index in [1.165, 1.54) is 0 Å². The van der Waals surface area contributed by atoms with Gasteiger partial charge in [-0.1, -0.05) is 30.4 Å². The Balaban J connectivity index is 2.55. The lowest BCUT2D eigenvalue weighted by molar-refractivity contribution is 0.866. The van der Waals surface area contributed by atoms with Crippen molar-refractivity contribution in [2.24, 2.45) is 5.92 Å². The first-order valence-electron chi connectivity index (χ1n) is 3.89. The minimum Gasteiger partial charge on any atom is -0.305 e. The Hall–Kier alpha value is -1.11. The summed E-state index contributed by atoms with van der Waals surface area (Å²) in [5.74, 6) is 0.302. The van der Waals surface area contributed by atoms with Gasteiger partial charge in [0.2, 0.25) is 0 Å². The van der Waals surface area contributed by atoms with Crippen molar-refractivity contribution in [2.75, 3.05) is 0 Å². The predicted molar refractivity (Wildman–Crippen MR) is 48.9 cm³/mol. The van der Waals surface area contributed by atoms with Crippen molar-refractivity contribution in [1.29, 1.82) is 5.41 Å². The van der Waals surface area contributed by atoms with Crippen LogP contribution in [0.2, 0.25) is 0 Å². The molecule has 0 bridgehead atoms. The van der Waals surface area contributed by atoms with Gasteiger partial charge in [0, 0.05) is 11.6 Å². The van der Waals surface area contributed by atoms with Crippen molar-refractivity contribution >= 4 is 5.71 Å². The van der Waals surface area contributed by atoms with Gasteiger partial charge in [-0.15, -0.1) is 0 Å². The number of rotatable bonds is 2. The van der Waals surface area contributed by atoms with Crippen LogP contribution >= 0.6 is 0 Å². The Morgan fingerprint density at radius 1 is 1.55 bits per heavy atom. The molecule has 0 radical (unpaired) electrons. The van der Waals surface area contributed by atoms with Gasteiger partial charge in [0.1, 0.15) is 0 Å². The van der Waals surface area contributed by atoms with Gasteiger partial charge in [-0.05, 0) is 19.4 Å². The maximum atomic E-state index is 7.61. The Bertz CT molecular complexity index is 221. The van der Waals surface area contributed by atoms with E-state index in [-0.39, 0.29) is 0 Å². The van der Waals surface area contributed by atoms with Gasteiger partial charge in [0.15, 0.2) is 0 Å². The largest absolute Gasteiger partial charge is 0.305 e. The third-order valence-corrected chi connectivity index (χ3v) is 1.73. The lowest BCUT2D eigenvalue weighted by Crippen LogP contribution is -2.08. The van der Waals surface area contributed by atoms with E-state index < -0.39 is 0 Å². The summed E-state index contributed by atoms with van der Waals surface area (Å²) in [4.78, 5) is 0. The van der Waals surface area contributed by atoms with Crippen LogP contribution in [0.15, 0.2) is 36.5 Å². The lowest BCUT2D eigenvalue weighted by Gasteiger charge is -2.10. The first-order valence-corrected chi connectivity index (χ1v) is 3.89. The summed E-state index contributed by atoms with van der Waals surface area (Å²) >= 11 is 0. The minimum absolute atomic E-state index is 0.302. The van der Waals surface area contributed by atoms with E-state index in [2.05, 4.69) is 12.2 Å². The normalized spacial score (nSPS) is 22.8. The molecule has 0 aromatic rings. The van der Waals surface area contributed by atoms with E-state index in [0.717, 1.165) is 6.42 Å². The first-order chi connectivity index (χ1) is 5.34. The molecule has 1 rings (SSSR count). The molecule has 0 saturated carbocycles. The Labute approximate surface area is 67.6 Å². The monoisotopic (exact) mass is 147 g/mol. The van der Waals surface area contributed by atoms with Gasteiger partial charge < -0.3 is 5.41 Å². The average Bonchev–Trinajstić information content (AvgIpc) is 2.07. The molecule has 0 amide bonds. The molecule has 1 heteroatoms. The van der Waals surface area contributed by atoms with Crippen molar-refractivity contribution in [1.82, 2.24) is 0 Å². The van der Waals surface area contributed by atoms with Crippen LogP contribution < -0.4 is 0 Å². The van der Waals surface area contributed by atoms with Crippen molar-refractivity contribution in [3.63, 3.8) is 0 Å². The zero-order valence-electron chi connectivity index (χ0n) is 6.75. The van der Waals surface area contributed by atoms with E-state index in [1.807, 2.05) is 31.2 Å². The summed E-state index contributed by atoms with van der Waals surface area (Å²) < 4.78 is 0. The fourth-order valence-corrected chi connectivity index (χ4v) is 1.11. The summed E-state index contributed by atoms with van der Waals surface area (Å²) in [6.07, 6.45) is 12.9. The maximum absolute atomic E-state index is 7.61. The summed E-state index contributed by atoms with van der Waals surface area (Å²) in [6, 6.07) is 0. The molecule has 58 valence electrons. The average molecular weight is 147 g/mol. The van der Waals surface area contributed by atoms with Crippen molar-refractivity contribution < 1.29 is 0 Å². The van der Waals surface area contributed by atoms with Gasteiger partial charge in [0.05, 0.1) is 0 Å². The predicted octanol–water partition coefficient (Wildman–Crippen LogP) is 2.71. The van der Waals surface area contributed by atoms with E-state index in [1.54, 1.807) is 0 Å². The molecule has 1 aliphatic carbocycles. The zero-order valence-corrected chi connectivity index (χ0v) is 6.75. The van der Waals surface area contributed by atoms with Crippen LogP contribution in [0.25, 0.3) is 0 Å².